The van der Waals surface area contributed by atoms with Crippen LogP contribution in [0.2, 0.25) is 0 Å². The molecule has 10 aromatic heterocycles. The SMILES string of the molecule is c1ccc(-c2nc(-n3c4ccccc4c4c(-c5ccc6c(c5)c5ncccc5n6-c5ccccc5)cccc43)nc3ccccc23)cc1.c1ccc(-n2c3ccc(-c4cccc5c4c4ccccc4n5-c4ccc(-c5cc(-c6ccccn6)nc(-c6ccccn6)c5)cc4)cc3c3ncccc32)cc1. The van der Waals surface area contributed by atoms with Crippen LogP contribution in [0.3, 0.4) is 0 Å². The van der Waals surface area contributed by atoms with Crippen molar-refractivity contribution in [3.63, 3.8) is 0 Å². The van der Waals surface area contributed by atoms with Gasteiger partial charge in [0.1, 0.15) is 0 Å². The third-order valence-corrected chi connectivity index (χ3v) is 20.1. The van der Waals surface area contributed by atoms with Crippen LogP contribution >= 0.6 is 0 Å². The van der Waals surface area contributed by atoms with Gasteiger partial charge in [-0.25, -0.2) is 15.0 Å². The molecule has 11 aromatic carbocycles. The summed E-state index contributed by atoms with van der Waals surface area (Å²) in [6.45, 7) is 0. The molecular formula is C93H59N11. The molecule has 0 saturated carbocycles. The van der Waals surface area contributed by atoms with Crippen LogP contribution in [0.25, 0.3) is 189 Å². The Morgan fingerprint density at radius 2 is 0.635 bits per heavy atom. The summed E-state index contributed by atoms with van der Waals surface area (Å²) < 4.78 is 9.20. The molecule has 0 N–H and O–H groups in total. The van der Waals surface area contributed by atoms with Crippen LogP contribution in [-0.2, 0) is 0 Å². The van der Waals surface area contributed by atoms with E-state index in [4.69, 9.17) is 24.9 Å². The lowest BCUT2D eigenvalue weighted by Gasteiger charge is -2.12. The number of fused-ring (bicyclic) bond motifs is 13. The highest BCUT2D eigenvalue weighted by Gasteiger charge is 2.24. The van der Waals surface area contributed by atoms with Crippen molar-refractivity contribution in [3.8, 4) is 90.4 Å². The highest BCUT2D eigenvalue weighted by atomic mass is 15.2. The second-order valence-corrected chi connectivity index (χ2v) is 26.0. The highest BCUT2D eigenvalue weighted by molar-refractivity contribution is 6.19. The zero-order chi connectivity index (χ0) is 68.6. The summed E-state index contributed by atoms with van der Waals surface area (Å²) in [5, 5.41) is 8.05. The standard InChI is InChI=1S/C50H32N6.C43H27N5/c1-2-12-36(13-3-1)56-46-26-23-34(30-40(46)50-48(56)20-11-29-53-50)38-15-10-19-47-49(38)39-14-4-5-18-45(39)55(47)37-24-21-33(22-25-37)35-31-43(41-16-6-8-27-51-41)54-44(32-35)42-17-7-9-28-52-42;1-3-13-28(14-4-1)41-32-17-7-9-20-35(32)45-43(46-41)48-36-21-10-8-18-33(36)40-31(19-11-22-38(40)48)29-24-25-37-34(27-29)42-39(23-12-26-44-42)47(37)30-15-5-2-6-16-30/h1-32H;1-27H. The molecule has 0 amide bonds. The number of hydrogen-bond acceptors (Lipinski definition) is 7. The van der Waals surface area contributed by atoms with E-state index >= 15 is 0 Å². The Kier molecular flexibility index (Phi) is 14.3. The van der Waals surface area contributed by atoms with Crippen molar-refractivity contribution in [2.45, 2.75) is 0 Å². The zero-order valence-electron chi connectivity index (χ0n) is 56.0. The van der Waals surface area contributed by atoms with Crippen LogP contribution in [0.1, 0.15) is 0 Å². The quantitative estimate of drug-likeness (QED) is 0.134. The van der Waals surface area contributed by atoms with Gasteiger partial charge in [-0.05, 0) is 185 Å². The minimum Gasteiger partial charge on any atom is -0.309 e. The van der Waals surface area contributed by atoms with E-state index < -0.39 is 0 Å². The number of benzene rings is 11. The van der Waals surface area contributed by atoms with Crippen molar-refractivity contribution in [2.24, 2.45) is 0 Å². The van der Waals surface area contributed by atoms with Gasteiger partial charge in [0.25, 0.3) is 0 Å². The van der Waals surface area contributed by atoms with E-state index in [0.29, 0.717) is 5.95 Å². The number of aromatic nitrogens is 11. The normalized spacial score (nSPS) is 11.7. The first kappa shape index (κ1) is 59.7. The number of pyridine rings is 5. The van der Waals surface area contributed by atoms with Gasteiger partial charge in [-0.1, -0.05) is 182 Å². The van der Waals surface area contributed by atoms with Crippen LogP contribution in [0.5, 0.6) is 0 Å². The molecule has 0 aliphatic rings. The Balaban J connectivity index is 0.000000140. The molecule has 0 spiro atoms. The highest BCUT2D eigenvalue weighted by Crippen LogP contribution is 2.44. The summed E-state index contributed by atoms with van der Waals surface area (Å²) in [5.41, 5.74) is 27.1. The Morgan fingerprint density at radius 3 is 1.18 bits per heavy atom. The third kappa shape index (κ3) is 10.0. The van der Waals surface area contributed by atoms with Crippen molar-refractivity contribution in [1.29, 1.82) is 0 Å². The Morgan fingerprint density at radius 1 is 0.212 bits per heavy atom. The molecule has 0 unspecified atom stereocenters. The molecule has 486 valence electrons. The maximum Gasteiger partial charge on any atom is 0.235 e. The van der Waals surface area contributed by atoms with E-state index in [1.807, 2.05) is 79.1 Å². The second kappa shape index (κ2) is 24.9. The van der Waals surface area contributed by atoms with E-state index in [2.05, 4.69) is 295 Å². The smallest absolute Gasteiger partial charge is 0.235 e. The average Bonchev–Trinajstić information content (AvgIpc) is 1.57. The number of hydrogen-bond donors (Lipinski definition) is 0. The van der Waals surface area contributed by atoms with Gasteiger partial charge in [0.15, 0.2) is 0 Å². The summed E-state index contributed by atoms with van der Waals surface area (Å²) in [5.74, 6) is 0.654. The maximum absolute atomic E-state index is 5.26. The molecule has 21 aromatic rings. The maximum atomic E-state index is 5.26. The molecule has 0 bridgehead atoms. The van der Waals surface area contributed by atoms with Crippen LogP contribution < -0.4 is 0 Å². The molecule has 0 aliphatic carbocycles. The van der Waals surface area contributed by atoms with Gasteiger partial charge in [0, 0.05) is 85.1 Å². The Labute approximate surface area is 596 Å². The van der Waals surface area contributed by atoms with Gasteiger partial charge in [0.05, 0.1) is 89.2 Å². The predicted molar refractivity (Wildman–Crippen MR) is 425 cm³/mol. The molecule has 0 aliphatic heterocycles. The fourth-order valence-corrected chi connectivity index (χ4v) is 15.5. The largest absolute Gasteiger partial charge is 0.309 e. The van der Waals surface area contributed by atoms with Gasteiger partial charge in [-0.2, -0.15) is 0 Å². The molecule has 21 rings (SSSR count). The van der Waals surface area contributed by atoms with Gasteiger partial charge in [-0.3, -0.25) is 24.5 Å². The average molecular weight is 1330 g/mol. The van der Waals surface area contributed by atoms with Gasteiger partial charge >= 0.3 is 0 Å². The first-order valence-electron chi connectivity index (χ1n) is 34.8. The van der Waals surface area contributed by atoms with E-state index in [1.165, 1.54) is 21.7 Å². The summed E-state index contributed by atoms with van der Waals surface area (Å²) >= 11 is 0. The van der Waals surface area contributed by atoms with Crippen molar-refractivity contribution in [2.75, 3.05) is 0 Å². The van der Waals surface area contributed by atoms with Crippen molar-refractivity contribution in [3.05, 3.63) is 358 Å². The van der Waals surface area contributed by atoms with Crippen LogP contribution in [0.15, 0.2) is 358 Å². The van der Waals surface area contributed by atoms with Crippen molar-refractivity contribution >= 4 is 98.4 Å². The van der Waals surface area contributed by atoms with E-state index in [9.17, 15) is 0 Å². The summed E-state index contributed by atoms with van der Waals surface area (Å²) in [7, 11) is 0. The molecule has 0 radical (unpaired) electrons. The molecule has 0 atom stereocenters. The van der Waals surface area contributed by atoms with Crippen LogP contribution in [0, 0.1) is 0 Å². The molecule has 11 heteroatoms. The third-order valence-electron chi connectivity index (χ3n) is 20.1. The first-order valence-corrected chi connectivity index (χ1v) is 34.8. The summed E-state index contributed by atoms with van der Waals surface area (Å²) in [6, 6.07) is 117. The van der Waals surface area contributed by atoms with E-state index in [-0.39, 0.29) is 0 Å². The van der Waals surface area contributed by atoms with Crippen molar-refractivity contribution in [1.82, 2.24) is 53.2 Å². The minimum atomic E-state index is 0.654. The van der Waals surface area contributed by atoms with Gasteiger partial charge < -0.3 is 13.7 Å². The topological polar surface area (TPSA) is 110 Å². The summed E-state index contributed by atoms with van der Waals surface area (Å²) in [4.78, 5) is 34.3. The Bertz CT molecular complexity index is 6830. The van der Waals surface area contributed by atoms with Gasteiger partial charge in [0.2, 0.25) is 5.95 Å². The van der Waals surface area contributed by atoms with Crippen LogP contribution in [-0.4, -0.2) is 53.2 Å². The molecule has 11 nitrogen and oxygen atoms in total. The first-order chi connectivity index (χ1) is 51.6. The molecule has 10 heterocycles. The molecule has 0 saturated heterocycles. The molecule has 0 fully saturated rings. The van der Waals surface area contributed by atoms with E-state index in [1.54, 1.807) is 12.4 Å². The predicted octanol–water partition coefficient (Wildman–Crippen LogP) is 22.7. The number of rotatable bonds is 10. The molecule has 104 heavy (non-hydrogen) atoms. The summed E-state index contributed by atoms with van der Waals surface area (Å²) in [6.07, 6.45) is 7.37. The fourth-order valence-electron chi connectivity index (χ4n) is 15.5. The van der Waals surface area contributed by atoms with Crippen LogP contribution in [0.4, 0.5) is 0 Å². The fraction of sp³-hybridized carbons (Fsp3) is 0. The lowest BCUT2D eigenvalue weighted by molar-refractivity contribution is 1.01. The number of para-hydroxylation sites is 5. The number of nitrogens with zero attached hydrogens (tertiary/aromatic N) is 11. The lowest BCUT2D eigenvalue weighted by atomic mass is 9.98. The Hall–Kier alpha value is -14.3. The lowest BCUT2D eigenvalue weighted by Crippen LogP contribution is -2.03. The zero-order valence-corrected chi connectivity index (χ0v) is 56.0. The monoisotopic (exact) mass is 1330 g/mol. The minimum absolute atomic E-state index is 0.654. The van der Waals surface area contributed by atoms with Crippen molar-refractivity contribution < 1.29 is 0 Å². The second-order valence-electron chi connectivity index (χ2n) is 26.0. The van der Waals surface area contributed by atoms with E-state index in [0.717, 1.165) is 161 Å². The molecular weight excluding hydrogens is 1270 g/mol. The van der Waals surface area contributed by atoms with Gasteiger partial charge in [-0.15, -0.1) is 0 Å².